The van der Waals surface area contributed by atoms with E-state index in [0.29, 0.717) is 6.61 Å². The minimum absolute atomic E-state index is 0.636. The quantitative estimate of drug-likeness (QED) is 0.926. The van der Waals surface area contributed by atoms with Crippen LogP contribution in [0, 0.1) is 11.3 Å². The standard InChI is InChI=1S/C15H15NO.C2H3N/c1-2-5-12(6-3-1)11-17-15-8-4-7-13-9-16-10-14(13)15;1-2-3/h1-8,16H,9-11H2;1H3. The van der Waals surface area contributed by atoms with Crippen LogP contribution in [-0.2, 0) is 19.7 Å². The molecule has 1 aliphatic heterocycles. The molecule has 20 heavy (non-hydrogen) atoms. The monoisotopic (exact) mass is 266 g/mol. The minimum atomic E-state index is 0.636. The van der Waals surface area contributed by atoms with E-state index in [1.165, 1.54) is 23.6 Å². The smallest absolute Gasteiger partial charge is 0.124 e. The Bertz CT molecular complexity index is 588. The van der Waals surface area contributed by atoms with Crippen LogP contribution < -0.4 is 10.1 Å². The number of rotatable bonds is 3. The molecule has 1 aliphatic rings. The van der Waals surface area contributed by atoms with Gasteiger partial charge in [0.25, 0.3) is 0 Å². The van der Waals surface area contributed by atoms with Crippen molar-refractivity contribution in [3.63, 3.8) is 0 Å². The van der Waals surface area contributed by atoms with Crippen molar-refractivity contribution < 1.29 is 4.74 Å². The Balaban J connectivity index is 0.000000452. The zero-order valence-corrected chi connectivity index (χ0v) is 11.6. The molecule has 0 fully saturated rings. The second-order valence-corrected chi connectivity index (χ2v) is 4.50. The molecular formula is C17H18N2O. The Hall–Kier alpha value is -2.31. The molecule has 1 heterocycles. The fourth-order valence-corrected chi connectivity index (χ4v) is 2.17. The molecule has 2 aromatic carbocycles. The van der Waals surface area contributed by atoms with Gasteiger partial charge in [0.2, 0.25) is 0 Å². The van der Waals surface area contributed by atoms with Gasteiger partial charge in [-0.25, -0.2) is 0 Å². The van der Waals surface area contributed by atoms with Gasteiger partial charge in [0.05, 0.1) is 6.07 Å². The third kappa shape index (κ3) is 3.59. The van der Waals surface area contributed by atoms with Gasteiger partial charge in [0, 0.05) is 25.6 Å². The molecule has 0 amide bonds. The van der Waals surface area contributed by atoms with Gasteiger partial charge in [-0.1, -0.05) is 42.5 Å². The Morgan fingerprint density at radius 3 is 2.60 bits per heavy atom. The molecule has 0 atom stereocenters. The molecule has 2 aromatic rings. The highest BCUT2D eigenvalue weighted by atomic mass is 16.5. The molecule has 0 bridgehead atoms. The van der Waals surface area contributed by atoms with E-state index in [0.717, 1.165) is 18.8 Å². The maximum absolute atomic E-state index is 7.32. The normalized spacial score (nSPS) is 11.8. The molecule has 3 nitrogen and oxygen atoms in total. The summed E-state index contributed by atoms with van der Waals surface area (Å²) in [6.07, 6.45) is 0. The number of nitrogens with zero attached hydrogens (tertiary/aromatic N) is 1. The molecule has 0 aliphatic carbocycles. The molecule has 102 valence electrons. The van der Waals surface area contributed by atoms with Gasteiger partial charge in [-0.05, 0) is 17.2 Å². The average molecular weight is 266 g/mol. The summed E-state index contributed by atoms with van der Waals surface area (Å²) in [6, 6.07) is 18.3. The first-order valence-electron chi connectivity index (χ1n) is 6.64. The van der Waals surface area contributed by atoms with Crippen molar-refractivity contribution in [1.82, 2.24) is 5.32 Å². The molecule has 0 spiro atoms. The maximum Gasteiger partial charge on any atom is 0.124 e. The van der Waals surface area contributed by atoms with Gasteiger partial charge in [-0.2, -0.15) is 5.26 Å². The van der Waals surface area contributed by atoms with Crippen molar-refractivity contribution in [2.24, 2.45) is 0 Å². The van der Waals surface area contributed by atoms with Crippen LogP contribution in [0.15, 0.2) is 48.5 Å². The molecule has 1 N–H and O–H groups in total. The Morgan fingerprint density at radius 2 is 1.85 bits per heavy atom. The van der Waals surface area contributed by atoms with E-state index < -0.39 is 0 Å². The van der Waals surface area contributed by atoms with Crippen molar-refractivity contribution in [3.8, 4) is 11.8 Å². The summed E-state index contributed by atoms with van der Waals surface area (Å²) >= 11 is 0. The number of hydrogen-bond acceptors (Lipinski definition) is 3. The number of nitrogens with one attached hydrogen (secondary N) is 1. The summed E-state index contributed by atoms with van der Waals surface area (Å²) in [7, 11) is 0. The highest BCUT2D eigenvalue weighted by Gasteiger charge is 2.14. The lowest BCUT2D eigenvalue weighted by atomic mass is 10.1. The van der Waals surface area contributed by atoms with E-state index in [4.69, 9.17) is 10.00 Å². The molecule has 0 unspecified atom stereocenters. The number of benzene rings is 2. The fraction of sp³-hybridized carbons (Fsp3) is 0.235. The number of fused-ring (bicyclic) bond motifs is 1. The summed E-state index contributed by atoms with van der Waals surface area (Å²) < 4.78 is 5.89. The lowest BCUT2D eigenvalue weighted by molar-refractivity contribution is 0.303. The lowest BCUT2D eigenvalue weighted by Gasteiger charge is -2.10. The summed E-state index contributed by atoms with van der Waals surface area (Å²) in [5, 5.41) is 10.7. The van der Waals surface area contributed by atoms with Crippen LogP contribution in [-0.4, -0.2) is 0 Å². The Morgan fingerprint density at radius 1 is 1.10 bits per heavy atom. The van der Waals surface area contributed by atoms with Crippen LogP contribution in [0.3, 0.4) is 0 Å². The molecular weight excluding hydrogens is 248 g/mol. The SMILES string of the molecule is CC#N.c1ccc(COc2cccc3c2CNC3)cc1. The van der Waals surface area contributed by atoms with Gasteiger partial charge in [0.1, 0.15) is 12.4 Å². The van der Waals surface area contributed by atoms with E-state index in [1.807, 2.05) is 18.2 Å². The highest BCUT2D eigenvalue weighted by molar-refractivity contribution is 5.42. The second-order valence-electron chi connectivity index (χ2n) is 4.50. The van der Waals surface area contributed by atoms with Crippen LogP contribution in [0.4, 0.5) is 0 Å². The largest absolute Gasteiger partial charge is 0.489 e. The topological polar surface area (TPSA) is 45.0 Å². The van der Waals surface area contributed by atoms with E-state index in [1.54, 1.807) is 6.07 Å². The molecule has 0 aromatic heterocycles. The predicted molar refractivity (Wildman–Crippen MR) is 79.0 cm³/mol. The predicted octanol–water partition coefficient (Wildman–Crippen LogP) is 3.40. The van der Waals surface area contributed by atoms with Crippen molar-refractivity contribution in [1.29, 1.82) is 5.26 Å². The van der Waals surface area contributed by atoms with Crippen molar-refractivity contribution in [2.75, 3.05) is 0 Å². The molecule has 3 heteroatoms. The number of ether oxygens (including phenoxy) is 1. The highest BCUT2D eigenvalue weighted by Crippen LogP contribution is 2.26. The lowest BCUT2D eigenvalue weighted by Crippen LogP contribution is -2.01. The Kier molecular flexibility index (Phi) is 5.16. The van der Waals surface area contributed by atoms with Crippen molar-refractivity contribution >= 4 is 0 Å². The first-order valence-corrected chi connectivity index (χ1v) is 6.64. The van der Waals surface area contributed by atoms with Crippen LogP contribution in [0.1, 0.15) is 23.6 Å². The van der Waals surface area contributed by atoms with Crippen LogP contribution in [0.25, 0.3) is 0 Å². The summed E-state index contributed by atoms with van der Waals surface area (Å²) in [5.41, 5.74) is 3.87. The molecule has 0 saturated carbocycles. The van der Waals surface area contributed by atoms with Crippen LogP contribution in [0.5, 0.6) is 5.75 Å². The summed E-state index contributed by atoms with van der Waals surface area (Å²) in [4.78, 5) is 0. The molecule has 0 saturated heterocycles. The van der Waals surface area contributed by atoms with Gasteiger partial charge in [-0.15, -0.1) is 0 Å². The van der Waals surface area contributed by atoms with Gasteiger partial charge in [-0.3, -0.25) is 0 Å². The maximum atomic E-state index is 7.32. The van der Waals surface area contributed by atoms with E-state index >= 15 is 0 Å². The minimum Gasteiger partial charge on any atom is -0.489 e. The zero-order chi connectivity index (χ0) is 14.2. The average Bonchev–Trinajstić information content (AvgIpc) is 2.96. The fourth-order valence-electron chi connectivity index (χ4n) is 2.17. The van der Waals surface area contributed by atoms with Gasteiger partial charge in [0.15, 0.2) is 0 Å². The third-order valence-electron chi connectivity index (χ3n) is 3.08. The third-order valence-corrected chi connectivity index (χ3v) is 3.08. The van der Waals surface area contributed by atoms with Crippen molar-refractivity contribution in [2.45, 2.75) is 26.6 Å². The number of hydrogen-bond donors (Lipinski definition) is 1. The van der Waals surface area contributed by atoms with Crippen LogP contribution >= 0.6 is 0 Å². The first kappa shape index (κ1) is 14.1. The van der Waals surface area contributed by atoms with Crippen molar-refractivity contribution in [3.05, 3.63) is 65.2 Å². The zero-order valence-electron chi connectivity index (χ0n) is 11.6. The molecule has 3 rings (SSSR count). The van der Waals surface area contributed by atoms with Gasteiger partial charge < -0.3 is 10.1 Å². The first-order chi connectivity index (χ1) is 9.85. The second kappa shape index (κ2) is 7.32. The molecule has 0 radical (unpaired) electrons. The summed E-state index contributed by atoms with van der Waals surface area (Å²) in [6.45, 7) is 3.94. The van der Waals surface area contributed by atoms with E-state index in [2.05, 4.69) is 35.6 Å². The van der Waals surface area contributed by atoms with E-state index in [9.17, 15) is 0 Å². The number of nitriles is 1. The summed E-state index contributed by atoms with van der Waals surface area (Å²) in [5.74, 6) is 1.01. The van der Waals surface area contributed by atoms with Crippen LogP contribution in [0.2, 0.25) is 0 Å². The van der Waals surface area contributed by atoms with E-state index in [-0.39, 0.29) is 0 Å². The van der Waals surface area contributed by atoms with Gasteiger partial charge >= 0.3 is 0 Å². The Labute approximate surface area is 119 Å².